The zero-order chi connectivity index (χ0) is 24.5. The zero-order valence-corrected chi connectivity index (χ0v) is 20.0. The summed E-state index contributed by atoms with van der Waals surface area (Å²) in [5, 5.41) is 14.4. The van der Waals surface area contributed by atoms with E-state index in [0.29, 0.717) is 28.7 Å². The normalized spacial score (nSPS) is 10.5. The average Bonchev–Trinajstić information content (AvgIpc) is 3.37. The van der Waals surface area contributed by atoms with E-state index in [1.54, 1.807) is 42.3 Å². The maximum Gasteiger partial charge on any atom is 0.253 e. The summed E-state index contributed by atoms with van der Waals surface area (Å²) in [5.41, 5.74) is 2.85. The minimum Gasteiger partial charge on any atom is -0.497 e. The number of nitrogens with zero attached hydrogens (tertiary/aromatic N) is 3. The summed E-state index contributed by atoms with van der Waals surface area (Å²) in [6, 6.07) is 24.4. The van der Waals surface area contributed by atoms with Crippen molar-refractivity contribution in [3.05, 3.63) is 96.3 Å². The van der Waals surface area contributed by atoms with Gasteiger partial charge in [0, 0.05) is 12.6 Å². The first-order valence-electron chi connectivity index (χ1n) is 11.0. The second-order valence-corrected chi connectivity index (χ2v) is 8.50. The van der Waals surface area contributed by atoms with E-state index in [2.05, 4.69) is 20.8 Å². The highest BCUT2D eigenvalue weighted by Crippen LogP contribution is 2.23. The van der Waals surface area contributed by atoms with Gasteiger partial charge in [0.05, 0.1) is 29.8 Å². The third kappa shape index (κ3) is 6.48. The summed E-state index contributed by atoms with van der Waals surface area (Å²) >= 11 is 1.25. The highest BCUT2D eigenvalue weighted by Gasteiger charge is 2.15. The van der Waals surface area contributed by atoms with Gasteiger partial charge in [0.25, 0.3) is 5.91 Å². The Morgan fingerprint density at radius 1 is 1.00 bits per heavy atom. The number of carbonyl (C=O) groups excluding carboxylic acids is 2. The molecule has 1 heterocycles. The van der Waals surface area contributed by atoms with Crippen LogP contribution in [0.15, 0.2) is 90.3 Å². The van der Waals surface area contributed by atoms with Crippen molar-refractivity contribution in [2.75, 3.05) is 24.7 Å². The molecule has 0 saturated heterocycles. The lowest BCUT2D eigenvalue weighted by molar-refractivity contribution is -0.113. The van der Waals surface area contributed by atoms with Crippen molar-refractivity contribution >= 4 is 29.3 Å². The van der Waals surface area contributed by atoms with Crippen LogP contribution in [0.25, 0.3) is 5.69 Å². The molecular weight excluding hydrogens is 462 g/mol. The minimum absolute atomic E-state index is 0.104. The first kappa shape index (κ1) is 24.0. The molecular formula is C26H25N5O3S. The van der Waals surface area contributed by atoms with Gasteiger partial charge in [-0.25, -0.2) is 0 Å². The first-order valence-corrected chi connectivity index (χ1v) is 12.0. The molecule has 4 rings (SSSR count). The van der Waals surface area contributed by atoms with Crippen molar-refractivity contribution < 1.29 is 14.3 Å². The van der Waals surface area contributed by atoms with Crippen molar-refractivity contribution in [3.63, 3.8) is 0 Å². The summed E-state index contributed by atoms with van der Waals surface area (Å²) in [5.74, 6) is 0.331. The van der Waals surface area contributed by atoms with Crippen LogP contribution in [-0.2, 0) is 11.2 Å². The third-order valence-corrected chi connectivity index (χ3v) is 6.11. The fourth-order valence-corrected chi connectivity index (χ4v) is 4.16. The Morgan fingerprint density at radius 3 is 2.63 bits per heavy atom. The summed E-state index contributed by atoms with van der Waals surface area (Å²) in [6.07, 6.45) is 2.32. The fourth-order valence-electron chi connectivity index (χ4n) is 3.43. The smallest absolute Gasteiger partial charge is 0.253 e. The van der Waals surface area contributed by atoms with E-state index in [4.69, 9.17) is 4.74 Å². The summed E-state index contributed by atoms with van der Waals surface area (Å²) in [4.78, 5) is 25.4. The van der Waals surface area contributed by atoms with Crippen LogP contribution in [0.2, 0.25) is 0 Å². The molecule has 0 aliphatic heterocycles. The number of ether oxygens (including phenoxy) is 1. The molecule has 0 saturated carbocycles. The van der Waals surface area contributed by atoms with Crippen LogP contribution in [-0.4, -0.2) is 46.0 Å². The van der Waals surface area contributed by atoms with Crippen LogP contribution in [0.1, 0.15) is 15.9 Å². The van der Waals surface area contributed by atoms with E-state index in [0.717, 1.165) is 17.7 Å². The number of benzene rings is 3. The standard InChI is InChI=1S/C26H25N5O3S/c1-34-21-11-7-10-20(16-21)31-18-28-30-26(31)35-17-24(32)29-23-13-6-5-12-22(23)25(33)27-15-14-19-8-3-2-4-9-19/h2-13,16,18H,14-15,17H2,1H3,(H,27,33)(H,29,32). The Hall–Kier alpha value is -4.11. The molecule has 3 aromatic carbocycles. The van der Waals surface area contributed by atoms with Crippen LogP contribution in [0.5, 0.6) is 5.75 Å². The van der Waals surface area contributed by atoms with E-state index in [-0.39, 0.29) is 17.6 Å². The van der Waals surface area contributed by atoms with Gasteiger partial charge in [-0.2, -0.15) is 0 Å². The van der Waals surface area contributed by atoms with Crippen molar-refractivity contribution in [3.8, 4) is 11.4 Å². The van der Waals surface area contributed by atoms with Gasteiger partial charge in [-0.05, 0) is 36.2 Å². The number of hydrogen-bond donors (Lipinski definition) is 2. The molecule has 0 radical (unpaired) electrons. The van der Waals surface area contributed by atoms with Crippen LogP contribution in [0, 0.1) is 0 Å². The molecule has 0 unspecified atom stereocenters. The molecule has 8 nitrogen and oxygen atoms in total. The van der Waals surface area contributed by atoms with Crippen molar-refractivity contribution in [1.82, 2.24) is 20.1 Å². The zero-order valence-electron chi connectivity index (χ0n) is 19.2. The number of amides is 2. The van der Waals surface area contributed by atoms with E-state index in [9.17, 15) is 9.59 Å². The monoisotopic (exact) mass is 487 g/mol. The van der Waals surface area contributed by atoms with Crippen LogP contribution >= 0.6 is 11.8 Å². The molecule has 0 aliphatic carbocycles. The molecule has 0 aliphatic rings. The molecule has 178 valence electrons. The molecule has 2 N–H and O–H groups in total. The quantitative estimate of drug-likeness (QED) is 0.329. The van der Waals surface area contributed by atoms with Gasteiger partial charge in [0.15, 0.2) is 5.16 Å². The van der Waals surface area contributed by atoms with E-state index in [1.807, 2.05) is 54.6 Å². The predicted molar refractivity (Wildman–Crippen MR) is 136 cm³/mol. The van der Waals surface area contributed by atoms with Crippen LogP contribution in [0.4, 0.5) is 5.69 Å². The number of aromatic nitrogens is 3. The lowest BCUT2D eigenvalue weighted by Crippen LogP contribution is -2.27. The number of nitrogens with one attached hydrogen (secondary N) is 2. The Labute approximate surface area is 207 Å². The van der Waals surface area contributed by atoms with Crippen molar-refractivity contribution in [1.29, 1.82) is 0 Å². The predicted octanol–water partition coefficient (Wildman–Crippen LogP) is 3.98. The van der Waals surface area contributed by atoms with Crippen molar-refractivity contribution in [2.45, 2.75) is 11.6 Å². The fraction of sp³-hybridized carbons (Fsp3) is 0.154. The Bertz CT molecular complexity index is 1290. The second-order valence-electron chi connectivity index (χ2n) is 7.56. The van der Waals surface area contributed by atoms with Gasteiger partial charge in [0.2, 0.25) is 5.91 Å². The second kappa shape index (κ2) is 11.8. The number of hydrogen-bond acceptors (Lipinski definition) is 6. The molecule has 35 heavy (non-hydrogen) atoms. The Balaban J connectivity index is 1.35. The lowest BCUT2D eigenvalue weighted by Gasteiger charge is -2.12. The third-order valence-electron chi connectivity index (χ3n) is 5.17. The topological polar surface area (TPSA) is 98.1 Å². The van der Waals surface area contributed by atoms with E-state index in [1.165, 1.54) is 11.8 Å². The molecule has 0 fully saturated rings. The summed E-state index contributed by atoms with van der Waals surface area (Å²) < 4.78 is 7.06. The number of methoxy groups -OCH3 is 1. The maximum absolute atomic E-state index is 12.7. The molecule has 2 amide bonds. The van der Waals surface area contributed by atoms with Gasteiger partial charge in [-0.1, -0.05) is 60.3 Å². The van der Waals surface area contributed by atoms with Crippen LogP contribution < -0.4 is 15.4 Å². The molecule has 1 aromatic heterocycles. The van der Waals surface area contributed by atoms with Crippen LogP contribution in [0.3, 0.4) is 0 Å². The lowest BCUT2D eigenvalue weighted by atomic mass is 10.1. The maximum atomic E-state index is 12.7. The summed E-state index contributed by atoms with van der Waals surface area (Å²) in [7, 11) is 1.60. The number of anilines is 1. The number of carbonyl (C=O) groups is 2. The van der Waals surface area contributed by atoms with Gasteiger partial charge in [-0.3, -0.25) is 14.2 Å². The molecule has 0 bridgehead atoms. The largest absolute Gasteiger partial charge is 0.497 e. The molecule has 0 spiro atoms. The van der Waals surface area contributed by atoms with Gasteiger partial charge >= 0.3 is 0 Å². The van der Waals surface area contributed by atoms with Gasteiger partial charge < -0.3 is 15.4 Å². The van der Waals surface area contributed by atoms with Gasteiger partial charge in [0.1, 0.15) is 12.1 Å². The minimum atomic E-state index is -0.250. The Morgan fingerprint density at radius 2 is 1.80 bits per heavy atom. The Kier molecular flexibility index (Phi) is 8.13. The molecule has 0 atom stereocenters. The summed E-state index contributed by atoms with van der Waals surface area (Å²) in [6.45, 7) is 0.501. The van der Waals surface area contributed by atoms with Crippen molar-refractivity contribution in [2.24, 2.45) is 0 Å². The van der Waals surface area contributed by atoms with Gasteiger partial charge in [-0.15, -0.1) is 10.2 Å². The van der Waals surface area contributed by atoms with E-state index < -0.39 is 0 Å². The average molecular weight is 488 g/mol. The highest BCUT2D eigenvalue weighted by molar-refractivity contribution is 7.99. The highest BCUT2D eigenvalue weighted by atomic mass is 32.2. The first-order chi connectivity index (χ1) is 17.1. The SMILES string of the molecule is COc1cccc(-n2cnnc2SCC(=O)Nc2ccccc2C(=O)NCCc2ccccc2)c1. The molecule has 9 heteroatoms. The number of para-hydroxylation sites is 1. The number of rotatable bonds is 10. The number of thioether (sulfide) groups is 1. The van der Waals surface area contributed by atoms with E-state index >= 15 is 0 Å². The molecule has 4 aromatic rings.